The van der Waals surface area contributed by atoms with Gasteiger partial charge in [0.2, 0.25) is 0 Å². The minimum atomic E-state index is -2.92. The molecule has 2 heterocycles. The van der Waals surface area contributed by atoms with Crippen molar-refractivity contribution in [2.24, 2.45) is 11.7 Å². The minimum absolute atomic E-state index is 0.160. The number of sulfone groups is 1. The molecule has 0 atom stereocenters. The molecule has 1 fully saturated rings. The first-order chi connectivity index (χ1) is 9.42. The molecule has 0 spiro atoms. The molecule has 0 unspecified atom stereocenters. The molecule has 1 aromatic heterocycles. The maximum Gasteiger partial charge on any atom is 0.155 e. The predicted octanol–water partition coefficient (Wildman–Crippen LogP) is 2.37. The van der Waals surface area contributed by atoms with Crippen molar-refractivity contribution in [3.05, 3.63) is 15.6 Å². The van der Waals surface area contributed by atoms with Crippen LogP contribution in [-0.4, -0.2) is 19.2 Å². The van der Waals surface area contributed by atoms with Crippen LogP contribution in [0.15, 0.2) is 0 Å². The molecule has 112 valence electrons. The molecule has 0 saturated heterocycles. The first kappa shape index (κ1) is 14.5. The van der Waals surface area contributed by atoms with Crippen molar-refractivity contribution in [3.63, 3.8) is 0 Å². The minimum Gasteiger partial charge on any atom is -0.319 e. The fourth-order valence-corrected chi connectivity index (χ4v) is 6.29. The Kier molecular flexibility index (Phi) is 3.67. The van der Waals surface area contributed by atoms with E-state index in [1.165, 1.54) is 17.8 Å². The highest BCUT2D eigenvalue weighted by Gasteiger charge is 2.37. The molecule has 2 aliphatic rings. The van der Waals surface area contributed by atoms with Gasteiger partial charge in [-0.05, 0) is 31.6 Å². The average molecular weight is 314 g/mol. The summed E-state index contributed by atoms with van der Waals surface area (Å²) < 4.78 is 23.4. The number of aryl methyl sites for hydroxylation is 1. The van der Waals surface area contributed by atoms with Crippen molar-refractivity contribution in [1.29, 1.82) is 0 Å². The Morgan fingerprint density at radius 2 is 2.10 bits per heavy atom. The molecule has 0 amide bonds. The second-order valence-electron chi connectivity index (χ2n) is 6.24. The van der Waals surface area contributed by atoms with E-state index in [4.69, 9.17) is 10.7 Å². The molecule has 6 heteroatoms. The second kappa shape index (κ2) is 5.07. The number of nitrogens with zero attached hydrogens (tertiary/aromatic N) is 1. The van der Waals surface area contributed by atoms with Gasteiger partial charge in [-0.2, -0.15) is 0 Å². The van der Waals surface area contributed by atoms with Crippen LogP contribution in [0.3, 0.4) is 0 Å². The fraction of sp³-hybridized carbons (Fsp3) is 0.786. The summed E-state index contributed by atoms with van der Waals surface area (Å²) in [6, 6.07) is 0. The normalized spacial score (nSPS) is 32.8. The Morgan fingerprint density at radius 3 is 2.75 bits per heavy atom. The molecule has 20 heavy (non-hydrogen) atoms. The molecule has 2 N–H and O–H groups in total. The summed E-state index contributed by atoms with van der Waals surface area (Å²) in [4.78, 5) is 5.62. The number of thiazole rings is 1. The smallest absolute Gasteiger partial charge is 0.155 e. The highest BCUT2D eigenvalue weighted by Crippen LogP contribution is 2.41. The van der Waals surface area contributed by atoms with Crippen LogP contribution >= 0.6 is 11.3 Å². The lowest BCUT2D eigenvalue weighted by Crippen LogP contribution is -2.40. The summed E-state index contributed by atoms with van der Waals surface area (Å²) in [5.41, 5.74) is 7.23. The van der Waals surface area contributed by atoms with Gasteiger partial charge in [0.25, 0.3) is 0 Å². The highest BCUT2D eigenvalue weighted by molar-refractivity contribution is 7.90. The van der Waals surface area contributed by atoms with Crippen LogP contribution in [0, 0.1) is 5.92 Å². The molecule has 1 aromatic rings. The summed E-state index contributed by atoms with van der Waals surface area (Å²) >= 11 is 1.54. The molecule has 1 saturated carbocycles. The van der Waals surface area contributed by atoms with Gasteiger partial charge in [0.15, 0.2) is 9.84 Å². The molecular formula is C14H22N2O2S2. The van der Waals surface area contributed by atoms with Gasteiger partial charge in [0.1, 0.15) is 5.01 Å². The third kappa shape index (κ3) is 2.65. The van der Waals surface area contributed by atoms with Gasteiger partial charge in [-0.15, -0.1) is 11.3 Å². The van der Waals surface area contributed by atoms with Crippen LogP contribution in [0.5, 0.6) is 0 Å². The standard InChI is InChI=1S/C14H22N2O2S2/c1-2-10-3-6-14(15,7-4-10)13-16-11-5-8-20(17,18)9-12(11)19-13/h10H,2-9,15H2,1H3. The van der Waals surface area contributed by atoms with E-state index in [9.17, 15) is 8.42 Å². The van der Waals surface area contributed by atoms with E-state index in [1.54, 1.807) is 0 Å². The van der Waals surface area contributed by atoms with E-state index >= 15 is 0 Å². The first-order valence-corrected chi connectivity index (χ1v) is 10.0. The highest BCUT2D eigenvalue weighted by atomic mass is 32.2. The van der Waals surface area contributed by atoms with Gasteiger partial charge in [-0.3, -0.25) is 0 Å². The predicted molar refractivity (Wildman–Crippen MR) is 81.4 cm³/mol. The number of rotatable bonds is 2. The average Bonchev–Trinajstić information content (AvgIpc) is 2.82. The van der Waals surface area contributed by atoms with Gasteiger partial charge < -0.3 is 5.73 Å². The van der Waals surface area contributed by atoms with Crippen LogP contribution in [0.1, 0.15) is 54.6 Å². The van der Waals surface area contributed by atoms with Crippen LogP contribution in [0.25, 0.3) is 0 Å². The summed E-state index contributed by atoms with van der Waals surface area (Å²) in [7, 11) is -2.92. The Morgan fingerprint density at radius 1 is 1.40 bits per heavy atom. The maximum absolute atomic E-state index is 11.7. The van der Waals surface area contributed by atoms with Crippen molar-refractivity contribution in [2.75, 3.05) is 5.75 Å². The van der Waals surface area contributed by atoms with E-state index < -0.39 is 9.84 Å². The third-order valence-corrected chi connectivity index (χ3v) is 7.83. The number of fused-ring (bicyclic) bond motifs is 1. The molecule has 4 nitrogen and oxygen atoms in total. The van der Waals surface area contributed by atoms with Crippen molar-refractivity contribution in [3.8, 4) is 0 Å². The van der Waals surface area contributed by atoms with Crippen molar-refractivity contribution < 1.29 is 8.42 Å². The number of hydrogen-bond donors (Lipinski definition) is 1. The van der Waals surface area contributed by atoms with Crippen molar-refractivity contribution in [2.45, 2.75) is 56.7 Å². The maximum atomic E-state index is 11.7. The van der Waals surface area contributed by atoms with E-state index in [0.29, 0.717) is 6.42 Å². The SMILES string of the molecule is CCC1CCC(N)(c2nc3c(s2)CS(=O)(=O)CC3)CC1. The number of nitrogens with two attached hydrogens (primary N) is 1. The van der Waals surface area contributed by atoms with E-state index in [2.05, 4.69) is 6.92 Å². The van der Waals surface area contributed by atoms with Crippen molar-refractivity contribution in [1.82, 2.24) is 4.98 Å². The zero-order valence-electron chi connectivity index (χ0n) is 11.9. The lowest BCUT2D eigenvalue weighted by atomic mass is 9.76. The Labute approximate surface area is 124 Å². The third-order valence-electron chi connectivity index (χ3n) is 4.78. The Hall–Kier alpha value is -0.460. The first-order valence-electron chi connectivity index (χ1n) is 7.40. The molecule has 3 rings (SSSR count). The summed E-state index contributed by atoms with van der Waals surface area (Å²) in [6.45, 7) is 2.24. The second-order valence-corrected chi connectivity index (χ2v) is 9.51. The van der Waals surface area contributed by atoms with E-state index in [-0.39, 0.29) is 17.0 Å². The zero-order valence-corrected chi connectivity index (χ0v) is 13.5. The largest absolute Gasteiger partial charge is 0.319 e. The Bertz CT molecular complexity index is 599. The van der Waals surface area contributed by atoms with Crippen LogP contribution < -0.4 is 5.73 Å². The van der Waals surface area contributed by atoms with Crippen LogP contribution in [0.4, 0.5) is 0 Å². The topological polar surface area (TPSA) is 73.0 Å². The number of aromatic nitrogens is 1. The fourth-order valence-electron chi connectivity index (χ4n) is 3.24. The molecule has 1 aliphatic carbocycles. The Balaban J connectivity index is 1.84. The molecule has 0 aromatic carbocycles. The molecular weight excluding hydrogens is 292 g/mol. The zero-order chi connectivity index (χ0) is 14.4. The molecule has 0 radical (unpaired) electrons. The van der Waals surface area contributed by atoms with Crippen LogP contribution in [0.2, 0.25) is 0 Å². The molecule has 0 bridgehead atoms. The van der Waals surface area contributed by atoms with Gasteiger partial charge in [-0.1, -0.05) is 13.3 Å². The lowest BCUT2D eigenvalue weighted by molar-refractivity contribution is 0.231. The summed E-state index contributed by atoms with van der Waals surface area (Å²) in [5, 5.41) is 0.967. The van der Waals surface area contributed by atoms with Gasteiger partial charge in [-0.25, -0.2) is 13.4 Å². The van der Waals surface area contributed by atoms with Gasteiger partial charge in [0.05, 0.1) is 22.7 Å². The van der Waals surface area contributed by atoms with Crippen LogP contribution in [-0.2, 0) is 27.5 Å². The lowest BCUT2D eigenvalue weighted by Gasteiger charge is -2.35. The van der Waals surface area contributed by atoms with Gasteiger partial charge in [0, 0.05) is 11.3 Å². The molecule has 1 aliphatic heterocycles. The van der Waals surface area contributed by atoms with E-state index in [0.717, 1.165) is 47.2 Å². The quantitative estimate of drug-likeness (QED) is 0.909. The number of hydrogen-bond acceptors (Lipinski definition) is 5. The summed E-state index contributed by atoms with van der Waals surface area (Å²) in [5.74, 6) is 1.19. The van der Waals surface area contributed by atoms with Crippen molar-refractivity contribution >= 4 is 21.2 Å². The van der Waals surface area contributed by atoms with E-state index in [1.807, 2.05) is 0 Å². The van der Waals surface area contributed by atoms with Gasteiger partial charge >= 0.3 is 0 Å². The summed E-state index contributed by atoms with van der Waals surface area (Å²) in [6.07, 6.45) is 6.06. The monoisotopic (exact) mass is 314 g/mol.